The Morgan fingerprint density at radius 2 is 1.71 bits per heavy atom. The lowest BCUT2D eigenvalue weighted by atomic mass is 9.95. The number of amides is 1. The first-order valence-corrected chi connectivity index (χ1v) is 9.35. The molecule has 9 heteroatoms. The molecule has 0 aliphatic carbocycles. The summed E-state index contributed by atoms with van der Waals surface area (Å²) in [5.74, 6) is -5.31. The summed E-state index contributed by atoms with van der Waals surface area (Å²) in [6, 6.07) is 0. The van der Waals surface area contributed by atoms with E-state index in [2.05, 4.69) is 10.2 Å². The van der Waals surface area contributed by atoms with Gasteiger partial charge in [-0.1, -0.05) is 0 Å². The molecule has 0 spiro atoms. The van der Waals surface area contributed by atoms with Crippen molar-refractivity contribution in [3.63, 3.8) is 0 Å². The molecule has 2 aliphatic rings. The maximum Gasteiger partial charge on any atom is 0.222 e. The van der Waals surface area contributed by atoms with Gasteiger partial charge in [-0.2, -0.15) is 5.10 Å². The SMILES string of the molecule is O=C1CCCN1CC1CCN(c2c(F)c(F)c(-c3cn[nH]c3)c(F)c2F)CC1. The zero-order valence-corrected chi connectivity index (χ0v) is 15.2. The second-order valence-corrected chi connectivity index (χ2v) is 7.34. The molecule has 2 aromatic rings. The Kier molecular flexibility index (Phi) is 4.99. The third kappa shape index (κ3) is 3.22. The van der Waals surface area contributed by atoms with Gasteiger partial charge in [-0.05, 0) is 25.2 Å². The van der Waals surface area contributed by atoms with Crippen molar-refractivity contribution >= 4 is 11.6 Å². The third-order valence-electron chi connectivity index (χ3n) is 5.61. The molecule has 2 aliphatic heterocycles. The van der Waals surface area contributed by atoms with Crippen LogP contribution in [0.25, 0.3) is 11.1 Å². The molecular formula is C19H20F4N4O. The molecule has 150 valence electrons. The van der Waals surface area contributed by atoms with Crippen molar-refractivity contribution in [1.82, 2.24) is 15.1 Å². The second-order valence-electron chi connectivity index (χ2n) is 7.34. The second kappa shape index (κ2) is 7.44. The molecular weight excluding hydrogens is 376 g/mol. The lowest BCUT2D eigenvalue weighted by Crippen LogP contribution is -2.40. The van der Waals surface area contributed by atoms with Crippen LogP contribution >= 0.6 is 0 Å². The Bertz CT molecular complexity index is 850. The summed E-state index contributed by atoms with van der Waals surface area (Å²) in [6.07, 6.45) is 4.88. The van der Waals surface area contributed by atoms with E-state index >= 15 is 0 Å². The standard InChI is InChI=1S/C19H20F4N4O/c20-15-14(12-8-24-25-9-12)16(21)18(23)19(17(15)22)26-6-3-11(4-7-26)10-27-5-1-2-13(27)28/h8-9,11H,1-7,10H2,(H,24,25). The maximum atomic E-state index is 14.6. The van der Waals surface area contributed by atoms with Crippen molar-refractivity contribution in [2.75, 3.05) is 31.1 Å². The normalized spacial score (nSPS) is 18.4. The van der Waals surface area contributed by atoms with Crippen LogP contribution in [-0.4, -0.2) is 47.2 Å². The van der Waals surface area contributed by atoms with Crippen LogP contribution in [0, 0.1) is 29.2 Å². The van der Waals surface area contributed by atoms with E-state index in [1.54, 1.807) is 0 Å². The van der Waals surface area contributed by atoms with Crippen molar-refractivity contribution in [2.45, 2.75) is 25.7 Å². The highest BCUT2D eigenvalue weighted by Gasteiger charge is 2.32. The third-order valence-corrected chi connectivity index (χ3v) is 5.61. The molecule has 0 atom stereocenters. The molecule has 5 nitrogen and oxygen atoms in total. The number of nitrogens with one attached hydrogen (secondary N) is 1. The van der Waals surface area contributed by atoms with E-state index in [0.29, 0.717) is 25.8 Å². The summed E-state index contributed by atoms with van der Waals surface area (Å²) >= 11 is 0. The van der Waals surface area contributed by atoms with Gasteiger partial charge in [0.2, 0.25) is 5.91 Å². The number of aromatic amines is 1. The first kappa shape index (κ1) is 18.8. The minimum atomic E-state index is -1.43. The number of anilines is 1. The van der Waals surface area contributed by atoms with E-state index in [0.717, 1.165) is 19.2 Å². The zero-order chi connectivity index (χ0) is 19.8. The minimum absolute atomic E-state index is 0.0617. The van der Waals surface area contributed by atoms with Gasteiger partial charge in [-0.25, -0.2) is 17.6 Å². The molecule has 3 heterocycles. The van der Waals surface area contributed by atoms with Crippen molar-refractivity contribution in [3.8, 4) is 11.1 Å². The molecule has 1 aromatic carbocycles. The summed E-state index contributed by atoms with van der Waals surface area (Å²) in [6.45, 7) is 1.91. The summed E-state index contributed by atoms with van der Waals surface area (Å²) < 4.78 is 58.3. The maximum absolute atomic E-state index is 14.6. The average Bonchev–Trinajstić information content (AvgIpc) is 3.35. The Labute approximate surface area is 159 Å². The minimum Gasteiger partial charge on any atom is -0.367 e. The van der Waals surface area contributed by atoms with Crippen molar-refractivity contribution in [2.24, 2.45) is 5.92 Å². The lowest BCUT2D eigenvalue weighted by molar-refractivity contribution is -0.128. The van der Waals surface area contributed by atoms with E-state index in [4.69, 9.17) is 0 Å². The Morgan fingerprint density at radius 3 is 2.25 bits per heavy atom. The quantitative estimate of drug-likeness (QED) is 0.636. The molecule has 1 aromatic heterocycles. The van der Waals surface area contributed by atoms with Crippen LogP contribution in [-0.2, 0) is 4.79 Å². The van der Waals surface area contributed by atoms with E-state index in [-0.39, 0.29) is 30.5 Å². The topological polar surface area (TPSA) is 52.2 Å². The summed E-state index contributed by atoms with van der Waals surface area (Å²) in [5.41, 5.74) is -1.50. The number of carbonyl (C=O) groups excluding carboxylic acids is 1. The van der Waals surface area contributed by atoms with Gasteiger partial charge in [-0.15, -0.1) is 0 Å². The largest absolute Gasteiger partial charge is 0.367 e. The summed E-state index contributed by atoms with van der Waals surface area (Å²) in [5, 5.41) is 5.94. The number of hydrogen-bond acceptors (Lipinski definition) is 3. The fraction of sp³-hybridized carbons (Fsp3) is 0.474. The molecule has 2 fully saturated rings. The molecule has 0 unspecified atom stereocenters. The van der Waals surface area contributed by atoms with Crippen LogP contribution in [0.3, 0.4) is 0 Å². The van der Waals surface area contributed by atoms with Gasteiger partial charge in [0, 0.05) is 44.4 Å². The first-order chi connectivity index (χ1) is 13.5. The first-order valence-electron chi connectivity index (χ1n) is 9.35. The molecule has 2 saturated heterocycles. The van der Waals surface area contributed by atoms with E-state index in [9.17, 15) is 22.4 Å². The van der Waals surface area contributed by atoms with Crippen LogP contribution < -0.4 is 4.90 Å². The number of hydrogen-bond donors (Lipinski definition) is 1. The molecule has 0 radical (unpaired) electrons. The van der Waals surface area contributed by atoms with Crippen LogP contribution in [0.5, 0.6) is 0 Å². The highest BCUT2D eigenvalue weighted by molar-refractivity contribution is 5.78. The molecule has 0 saturated carbocycles. The number of rotatable bonds is 4. The van der Waals surface area contributed by atoms with Crippen molar-refractivity contribution < 1.29 is 22.4 Å². The molecule has 4 rings (SSSR count). The monoisotopic (exact) mass is 396 g/mol. The average molecular weight is 396 g/mol. The van der Waals surface area contributed by atoms with E-state index < -0.39 is 34.5 Å². The van der Waals surface area contributed by atoms with Gasteiger partial charge in [-0.3, -0.25) is 9.89 Å². The van der Waals surface area contributed by atoms with Gasteiger partial charge in [0.25, 0.3) is 0 Å². The van der Waals surface area contributed by atoms with Crippen molar-refractivity contribution in [1.29, 1.82) is 0 Å². The number of halogens is 4. The van der Waals surface area contributed by atoms with Gasteiger partial charge < -0.3 is 9.80 Å². The molecule has 0 bridgehead atoms. The zero-order valence-electron chi connectivity index (χ0n) is 15.2. The van der Waals surface area contributed by atoms with Crippen LogP contribution in [0.4, 0.5) is 23.2 Å². The van der Waals surface area contributed by atoms with Crippen LogP contribution in [0.2, 0.25) is 0 Å². The molecule has 1 amide bonds. The number of H-pyrrole nitrogens is 1. The molecule has 1 N–H and O–H groups in total. The number of aromatic nitrogens is 2. The number of likely N-dealkylation sites (tertiary alicyclic amines) is 1. The Hall–Kier alpha value is -2.58. The van der Waals surface area contributed by atoms with Crippen molar-refractivity contribution in [3.05, 3.63) is 35.7 Å². The van der Waals surface area contributed by atoms with E-state index in [1.807, 2.05) is 4.90 Å². The number of carbonyl (C=O) groups is 1. The predicted molar refractivity (Wildman–Crippen MR) is 94.6 cm³/mol. The lowest BCUT2D eigenvalue weighted by Gasteiger charge is -2.35. The Balaban J connectivity index is 1.53. The van der Waals surface area contributed by atoms with Gasteiger partial charge in [0.15, 0.2) is 23.3 Å². The molecule has 28 heavy (non-hydrogen) atoms. The number of nitrogens with zero attached hydrogens (tertiary/aromatic N) is 3. The predicted octanol–water partition coefficient (Wildman–Crippen LogP) is 3.47. The smallest absolute Gasteiger partial charge is 0.222 e. The van der Waals surface area contributed by atoms with Crippen LogP contribution in [0.15, 0.2) is 12.4 Å². The number of piperidine rings is 1. The van der Waals surface area contributed by atoms with Gasteiger partial charge >= 0.3 is 0 Å². The summed E-state index contributed by atoms with van der Waals surface area (Å²) in [7, 11) is 0. The highest BCUT2D eigenvalue weighted by atomic mass is 19.2. The fourth-order valence-corrected chi connectivity index (χ4v) is 4.09. The van der Waals surface area contributed by atoms with Gasteiger partial charge in [0.05, 0.1) is 11.8 Å². The fourth-order valence-electron chi connectivity index (χ4n) is 4.09. The summed E-state index contributed by atoms with van der Waals surface area (Å²) in [4.78, 5) is 14.9. The number of benzene rings is 1. The van der Waals surface area contributed by atoms with Crippen LogP contribution in [0.1, 0.15) is 25.7 Å². The van der Waals surface area contributed by atoms with E-state index in [1.165, 1.54) is 11.1 Å². The Morgan fingerprint density at radius 1 is 1.04 bits per heavy atom. The highest BCUT2D eigenvalue weighted by Crippen LogP contribution is 2.37. The van der Waals surface area contributed by atoms with Gasteiger partial charge in [0.1, 0.15) is 5.69 Å².